The van der Waals surface area contributed by atoms with E-state index in [0.717, 1.165) is 60.6 Å². The van der Waals surface area contributed by atoms with Crippen LogP contribution < -0.4 is 19.5 Å². The second-order valence-electron chi connectivity index (χ2n) is 7.18. The highest BCUT2D eigenvalue weighted by atomic mass is 16.7. The van der Waals surface area contributed by atoms with Crippen LogP contribution in [-0.2, 0) is 6.54 Å². The first kappa shape index (κ1) is 18.5. The van der Waals surface area contributed by atoms with Crippen molar-refractivity contribution in [1.82, 2.24) is 10.2 Å². The molecule has 0 aliphatic carbocycles. The fourth-order valence-corrected chi connectivity index (χ4v) is 3.85. The molecule has 0 aromatic heterocycles. The highest BCUT2D eigenvalue weighted by Crippen LogP contribution is 2.33. The first-order chi connectivity index (χ1) is 13.7. The maximum absolute atomic E-state index is 13.0. The van der Waals surface area contributed by atoms with Crippen LogP contribution in [0, 0.1) is 0 Å². The van der Waals surface area contributed by atoms with Crippen LogP contribution in [0.5, 0.6) is 17.2 Å². The van der Waals surface area contributed by atoms with E-state index in [1.165, 1.54) is 0 Å². The van der Waals surface area contributed by atoms with Crippen LogP contribution in [0.15, 0.2) is 42.5 Å². The number of amides is 2. The number of rotatable bonds is 4. The number of carbonyl (C=O) groups excluding carboxylic acids is 1. The van der Waals surface area contributed by atoms with E-state index in [2.05, 4.69) is 17.4 Å². The summed E-state index contributed by atoms with van der Waals surface area (Å²) in [6, 6.07) is 13.9. The molecule has 2 aromatic rings. The molecule has 0 spiro atoms. The summed E-state index contributed by atoms with van der Waals surface area (Å²) in [6.07, 6.45) is 4.29. The molecule has 2 aromatic carbocycles. The molecule has 0 saturated carbocycles. The molecule has 28 heavy (non-hydrogen) atoms. The number of carbonyl (C=O) groups is 1. The fourth-order valence-electron chi connectivity index (χ4n) is 3.85. The van der Waals surface area contributed by atoms with E-state index in [1.807, 2.05) is 35.2 Å². The number of urea groups is 1. The van der Waals surface area contributed by atoms with Gasteiger partial charge in [0, 0.05) is 13.1 Å². The van der Waals surface area contributed by atoms with Gasteiger partial charge in [0.15, 0.2) is 11.5 Å². The summed E-state index contributed by atoms with van der Waals surface area (Å²) >= 11 is 0. The SMILES string of the molecule is COc1ccc([C@@H]2CCCCCN2C(=O)NCc2ccc3c(c2)OCO3)cc1. The molecule has 6 heteroatoms. The van der Waals surface area contributed by atoms with Crippen molar-refractivity contribution >= 4 is 6.03 Å². The third kappa shape index (κ3) is 4.01. The van der Waals surface area contributed by atoms with Gasteiger partial charge in [0.25, 0.3) is 0 Å². The second-order valence-corrected chi connectivity index (χ2v) is 7.18. The number of likely N-dealkylation sites (tertiary alicyclic amines) is 1. The Bertz CT molecular complexity index is 822. The van der Waals surface area contributed by atoms with Gasteiger partial charge in [-0.15, -0.1) is 0 Å². The van der Waals surface area contributed by atoms with Gasteiger partial charge >= 0.3 is 6.03 Å². The van der Waals surface area contributed by atoms with E-state index >= 15 is 0 Å². The first-order valence-electron chi connectivity index (χ1n) is 9.81. The third-order valence-corrected chi connectivity index (χ3v) is 5.39. The molecular weight excluding hydrogens is 356 g/mol. The van der Waals surface area contributed by atoms with Gasteiger partial charge in [0.1, 0.15) is 5.75 Å². The number of benzene rings is 2. The fraction of sp³-hybridized carbons (Fsp3) is 0.409. The van der Waals surface area contributed by atoms with Gasteiger partial charge in [-0.1, -0.05) is 31.0 Å². The lowest BCUT2D eigenvalue weighted by Crippen LogP contribution is -2.41. The van der Waals surface area contributed by atoms with E-state index in [4.69, 9.17) is 14.2 Å². The van der Waals surface area contributed by atoms with Gasteiger partial charge in [0.2, 0.25) is 6.79 Å². The summed E-state index contributed by atoms with van der Waals surface area (Å²) in [5.41, 5.74) is 2.15. The smallest absolute Gasteiger partial charge is 0.318 e. The van der Waals surface area contributed by atoms with Crippen molar-refractivity contribution in [3.63, 3.8) is 0 Å². The normalized spacial score (nSPS) is 18.5. The Morgan fingerprint density at radius 2 is 1.93 bits per heavy atom. The van der Waals surface area contributed by atoms with Crippen molar-refractivity contribution in [3.05, 3.63) is 53.6 Å². The van der Waals surface area contributed by atoms with Gasteiger partial charge in [-0.3, -0.25) is 0 Å². The summed E-state index contributed by atoms with van der Waals surface area (Å²) in [6.45, 7) is 1.48. The van der Waals surface area contributed by atoms with Gasteiger partial charge in [-0.25, -0.2) is 4.79 Å². The first-order valence-corrected chi connectivity index (χ1v) is 9.81. The predicted molar refractivity (Wildman–Crippen MR) is 106 cm³/mol. The zero-order valence-electron chi connectivity index (χ0n) is 16.1. The van der Waals surface area contributed by atoms with Gasteiger partial charge in [-0.2, -0.15) is 0 Å². The summed E-state index contributed by atoms with van der Waals surface area (Å²) in [7, 11) is 1.66. The number of nitrogens with one attached hydrogen (secondary N) is 1. The maximum Gasteiger partial charge on any atom is 0.318 e. The van der Waals surface area contributed by atoms with Crippen molar-refractivity contribution in [2.45, 2.75) is 38.3 Å². The molecule has 0 bridgehead atoms. The Kier molecular flexibility index (Phi) is 5.55. The zero-order valence-corrected chi connectivity index (χ0v) is 16.1. The molecule has 6 nitrogen and oxygen atoms in total. The number of fused-ring (bicyclic) bond motifs is 1. The van der Waals surface area contributed by atoms with Crippen LogP contribution in [0.4, 0.5) is 4.79 Å². The van der Waals surface area contributed by atoms with Crippen LogP contribution in [0.3, 0.4) is 0 Å². The number of hydrogen-bond acceptors (Lipinski definition) is 4. The van der Waals surface area contributed by atoms with Crippen LogP contribution in [0.2, 0.25) is 0 Å². The largest absolute Gasteiger partial charge is 0.497 e. The predicted octanol–water partition coefficient (Wildman–Crippen LogP) is 4.25. The Morgan fingerprint density at radius 1 is 1.11 bits per heavy atom. The molecule has 2 amide bonds. The van der Waals surface area contributed by atoms with Crippen LogP contribution in [-0.4, -0.2) is 31.4 Å². The van der Waals surface area contributed by atoms with Crippen molar-refractivity contribution < 1.29 is 19.0 Å². The molecule has 148 valence electrons. The van der Waals surface area contributed by atoms with Crippen LogP contribution in [0.25, 0.3) is 0 Å². The molecule has 1 fully saturated rings. The molecule has 2 aliphatic rings. The van der Waals surface area contributed by atoms with E-state index in [-0.39, 0.29) is 18.9 Å². The van der Waals surface area contributed by atoms with Crippen molar-refractivity contribution in [1.29, 1.82) is 0 Å². The lowest BCUT2D eigenvalue weighted by atomic mass is 10.0. The summed E-state index contributed by atoms with van der Waals surface area (Å²) < 4.78 is 16.0. The molecule has 4 rings (SSSR count). The minimum Gasteiger partial charge on any atom is -0.497 e. The van der Waals surface area contributed by atoms with E-state index in [9.17, 15) is 4.79 Å². The van der Waals surface area contributed by atoms with Gasteiger partial charge in [-0.05, 0) is 48.2 Å². The molecule has 0 radical (unpaired) electrons. The van der Waals surface area contributed by atoms with E-state index in [1.54, 1.807) is 7.11 Å². The van der Waals surface area contributed by atoms with Gasteiger partial charge < -0.3 is 24.4 Å². The number of nitrogens with zero attached hydrogens (tertiary/aromatic N) is 1. The standard InChI is InChI=1S/C22H26N2O4/c1-26-18-9-7-17(8-10-18)19-5-3-2-4-12-24(19)22(25)23-14-16-6-11-20-21(13-16)28-15-27-20/h6-11,13,19H,2-5,12,14-15H2,1H3,(H,23,25)/t19-/m0/s1. The Hall–Kier alpha value is -2.89. The molecule has 1 N–H and O–H groups in total. The second kappa shape index (κ2) is 8.42. The monoisotopic (exact) mass is 382 g/mol. The number of ether oxygens (including phenoxy) is 3. The third-order valence-electron chi connectivity index (χ3n) is 5.39. The molecule has 2 heterocycles. The van der Waals surface area contributed by atoms with Gasteiger partial charge in [0.05, 0.1) is 13.2 Å². The number of methoxy groups -OCH3 is 1. The Labute approximate surface area is 165 Å². The minimum absolute atomic E-state index is 0.0274. The molecule has 2 aliphatic heterocycles. The van der Waals surface area contributed by atoms with Crippen molar-refractivity contribution in [2.75, 3.05) is 20.4 Å². The average molecular weight is 382 g/mol. The molecule has 1 saturated heterocycles. The average Bonchev–Trinajstić information content (AvgIpc) is 3.06. The highest BCUT2D eigenvalue weighted by molar-refractivity contribution is 5.75. The lowest BCUT2D eigenvalue weighted by molar-refractivity contribution is 0.173. The molecule has 0 unspecified atom stereocenters. The molecule has 1 atom stereocenters. The van der Waals surface area contributed by atoms with E-state index in [0.29, 0.717) is 6.54 Å². The van der Waals surface area contributed by atoms with E-state index < -0.39 is 0 Å². The van der Waals surface area contributed by atoms with Crippen molar-refractivity contribution in [3.8, 4) is 17.2 Å². The highest BCUT2D eigenvalue weighted by Gasteiger charge is 2.26. The quantitative estimate of drug-likeness (QED) is 0.859. The Morgan fingerprint density at radius 3 is 2.75 bits per heavy atom. The Balaban J connectivity index is 1.45. The summed E-state index contributed by atoms with van der Waals surface area (Å²) in [5.74, 6) is 2.32. The zero-order chi connectivity index (χ0) is 19.3. The van der Waals surface area contributed by atoms with Crippen molar-refractivity contribution in [2.24, 2.45) is 0 Å². The lowest BCUT2D eigenvalue weighted by Gasteiger charge is -2.30. The number of hydrogen-bond donors (Lipinski definition) is 1. The summed E-state index contributed by atoms with van der Waals surface area (Å²) in [4.78, 5) is 15.0. The van der Waals surface area contributed by atoms with Crippen LogP contribution >= 0.6 is 0 Å². The topological polar surface area (TPSA) is 60.0 Å². The molecular formula is C22H26N2O4. The minimum atomic E-state index is -0.0274. The maximum atomic E-state index is 13.0. The van der Waals surface area contributed by atoms with Crippen LogP contribution in [0.1, 0.15) is 42.9 Å². The summed E-state index contributed by atoms with van der Waals surface area (Å²) in [5, 5.41) is 3.08.